The minimum absolute atomic E-state index is 1.31. The van der Waals surface area contributed by atoms with Crippen molar-refractivity contribution in [3.05, 3.63) is 71.8 Å². The predicted octanol–water partition coefficient (Wildman–Crippen LogP) is 5.76. The summed E-state index contributed by atoms with van der Waals surface area (Å²) in [5.74, 6) is 0. The lowest BCUT2D eigenvalue weighted by atomic mass is 9.93. The molecular weight excluding hydrogens is 240 g/mol. The van der Waals surface area contributed by atoms with E-state index in [2.05, 4.69) is 74.5 Å². The maximum Gasteiger partial charge on any atom is -0.00697 e. The van der Waals surface area contributed by atoms with Crippen LogP contribution in [-0.2, 0) is 0 Å². The van der Waals surface area contributed by atoms with E-state index in [1.54, 1.807) is 0 Å². The van der Waals surface area contributed by atoms with E-state index in [9.17, 15) is 0 Å². The molecule has 0 nitrogen and oxygen atoms in total. The summed E-state index contributed by atoms with van der Waals surface area (Å²) in [5, 5.41) is 8.09. The summed E-state index contributed by atoms with van der Waals surface area (Å²) in [6, 6.07) is 22.2. The quantitative estimate of drug-likeness (QED) is 0.277. The Labute approximate surface area is 118 Å². The molecule has 0 saturated heterocycles. The molecule has 4 rings (SSSR count). The highest BCUT2D eigenvalue weighted by Gasteiger charge is 2.07. The Balaban J connectivity index is 2.29. The van der Waals surface area contributed by atoms with Crippen LogP contribution in [0.5, 0.6) is 0 Å². The number of benzene rings is 4. The van der Waals surface area contributed by atoms with E-state index >= 15 is 0 Å². The van der Waals surface area contributed by atoms with Gasteiger partial charge < -0.3 is 0 Å². The average molecular weight is 256 g/mol. The van der Waals surface area contributed by atoms with Crippen molar-refractivity contribution in [1.82, 2.24) is 0 Å². The fourth-order valence-corrected chi connectivity index (χ4v) is 3.27. The molecule has 0 N–H and O–H groups in total. The molecule has 0 radical (unpaired) electrons. The van der Waals surface area contributed by atoms with Gasteiger partial charge in [-0.2, -0.15) is 0 Å². The Hall–Kier alpha value is -2.34. The molecule has 0 aliphatic rings. The number of fused-ring (bicyclic) bond motifs is 4. The zero-order chi connectivity index (χ0) is 13.7. The van der Waals surface area contributed by atoms with Crippen LogP contribution in [0, 0.1) is 13.8 Å². The third kappa shape index (κ3) is 1.55. The van der Waals surface area contributed by atoms with Gasteiger partial charge in [0, 0.05) is 0 Å². The van der Waals surface area contributed by atoms with Gasteiger partial charge in [-0.1, -0.05) is 60.2 Å². The standard InChI is InChI=1S/C20H16/c1-13-7-10-18-14(2)20-16(12-17(18)11-13)9-8-15-5-3-4-6-19(15)20/h3-12H,1-2H3. The first-order valence-electron chi connectivity index (χ1n) is 7.05. The summed E-state index contributed by atoms with van der Waals surface area (Å²) in [4.78, 5) is 0. The van der Waals surface area contributed by atoms with E-state index in [1.165, 1.54) is 43.4 Å². The first-order valence-corrected chi connectivity index (χ1v) is 7.05. The van der Waals surface area contributed by atoms with Gasteiger partial charge in [0.2, 0.25) is 0 Å². The van der Waals surface area contributed by atoms with Crippen molar-refractivity contribution in [3.8, 4) is 0 Å². The highest BCUT2D eigenvalue weighted by atomic mass is 14.1. The van der Waals surface area contributed by atoms with Crippen LogP contribution < -0.4 is 0 Å². The SMILES string of the molecule is Cc1ccc2c(C)c3c(ccc4ccccc43)cc2c1. The van der Waals surface area contributed by atoms with Gasteiger partial charge in [-0.05, 0) is 57.8 Å². The van der Waals surface area contributed by atoms with E-state index in [4.69, 9.17) is 0 Å². The van der Waals surface area contributed by atoms with Gasteiger partial charge in [-0.15, -0.1) is 0 Å². The Morgan fingerprint density at radius 3 is 2.30 bits per heavy atom. The van der Waals surface area contributed by atoms with Crippen molar-refractivity contribution in [2.45, 2.75) is 13.8 Å². The van der Waals surface area contributed by atoms with Crippen molar-refractivity contribution in [2.24, 2.45) is 0 Å². The molecule has 0 heteroatoms. The van der Waals surface area contributed by atoms with Crippen LogP contribution >= 0.6 is 0 Å². The van der Waals surface area contributed by atoms with Gasteiger partial charge in [-0.3, -0.25) is 0 Å². The van der Waals surface area contributed by atoms with Crippen LogP contribution in [0.15, 0.2) is 60.7 Å². The van der Waals surface area contributed by atoms with E-state index < -0.39 is 0 Å². The maximum absolute atomic E-state index is 2.32. The van der Waals surface area contributed by atoms with Crippen LogP contribution in [0.25, 0.3) is 32.3 Å². The molecule has 0 saturated carbocycles. The molecule has 0 heterocycles. The van der Waals surface area contributed by atoms with Gasteiger partial charge >= 0.3 is 0 Å². The third-order valence-corrected chi connectivity index (χ3v) is 4.26. The fraction of sp³-hybridized carbons (Fsp3) is 0.100. The summed E-state index contributed by atoms with van der Waals surface area (Å²) in [6.07, 6.45) is 0. The van der Waals surface area contributed by atoms with E-state index in [0.717, 1.165) is 0 Å². The van der Waals surface area contributed by atoms with Crippen LogP contribution in [0.3, 0.4) is 0 Å². The molecule has 0 amide bonds. The molecule has 0 aliphatic carbocycles. The Morgan fingerprint density at radius 1 is 0.600 bits per heavy atom. The molecule has 0 aromatic heterocycles. The number of aryl methyl sites for hydroxylation is 2. The van der Waals surface area contributed by atoms with Gasteiger partial charge in [0.15, 0.2) is 0 Å². The van der Waals surface area contributed by atoms with Crippen LogP contribution in [0.2, 0.25) is 0 Å². The minimum Gasteiger partial charge on any atom is -0.0616 e. The summed E-state index contributed by atoms with van der Waals surface area (Å²) in [6.45, 7) is 4.39. The van der Waals surface area contributed by atoms with Gasteiger partial charge in [-0.25, -0.2) is 0 Å². The molecule has 0 aliphatic heterocycles. The van der Waals surface area contributed by atoms with Gasteiger partial charge in [0.1, 0.15) is 0 Å². The zero-order valence-corrected chi connectivity index (χ0v) is 11.8. The van der Waals surface area contributed by atoms with Crippen LogP contribution in [0.4, 0.5) is 0 Å². The fourth-order valence-electron chi connectivity index (χ4n) is 3.27. The summed E-state index contributed by atoms with van der Waals surface area (Å²) >= 11 is 0. The lowest BCUT2D eigenvalue weighted by Crippen LogP contribution is -1.86. The number of rotatable bonds is 0. The molecule has 20 heavy (non-hydrogen) atoms. The van der Waals surface area contributed by atoms with Crippen LogP contribution in [0.1, 0.15) is 11.1 Å². The summed E-state index contributed by atoms with van der Waals surface area (Å²) in [7, 11) is 0. The lowest BCUT2D eigenvalue weighted by Gasteiger charge is -2.11. The van der Waals surface area contributed by atoms with E-state index in [1.807, 2.05) is 0 Å². The second-order valence-corrected chi connectivity index (χ2v) is 5.61. The van der Waals surface area contributed by atoms with Gasteiger partial charge in [0.25, 0.3) is 0 Å². The molecule has 0 fully saturated rings. The Morgan fingerprint density at radius 2 is 1.40 bits per heavy atom. The van der Waals surface area contributed by atoms with E-state index in [-0.39, 0.29) is 0 Å². The molecule has 4 aromatic carbocycles. The largest absolute Gasteiger partial charge is 0.0616 e. The van der Waals surface area contributed by atoms with Crippen molar-refractivity contribution >= 4 is 32.3 Å². The third-order valence-electron chi connectivity index (χ3n) is 4.26. The Bertz CT molecular complexity index is 962. The summed E-state index contributed by atoms with van der Waals surface area (Å²) in [5.41, 5.74) is 2.70. The summed E-state index contributed by atoms with van der Waals surface area (Å²) < 4.78 is 0. The Kier molecular flexibility index (Phi) is 2.34. The minimum atomic E-state index is 1.31. The number of hydrogen-bond donors (Lipinski definition) is 0. The molecule has 96 valence electrons. The highest BCUT2D eigenvalue weighted by Crippen LogP contribution is 2.33. The lowest BCUT2D eigenvalue weighted by molar-refractivity contribution is 1.49. The molecular formula is C20H16. The second kappa shape index (κ2) is 4.08. The molecule has 4 aromatic rings. The topological polar surface area (TPSA) is 0 Å². The van der Waals surface area contributed by atoms with Crippen molar-refractivity contribution in [2.75, 3.05) is 0 Å². The molecule has 0 bridgehead atoms. The smallest absolute Gasteiger partial charge is 0.00697 e. The van der Waals surface area contributed by atoms with Crippen LogP contribution in [-0.4, -0.2) is 0 Å². The zero-order valence-electron chi connectivity index (χ0n) is 11.8. The van der Waals surface area contributed by atoms with Gasteiger partial charge in [0.05, 0.1) is 0 Å². The molecule has 0 unspecified atom stereocenters. The first-order chi connectivity index (χ1) is 9.74. The first kappa shape index (κ1) is 11.5. The van der Waals surface area contributed by atoms with E-state index in [0.29, 0.717) is 0 Å². The number of hydrogen-bond acceptors (Lipinski definition) is 0. The molecule has 0 spiro atoms. The molecule has 0 atom stereocenters. The highest BCUT2D eigenvalue weighted by molar-refractivity contribution is 6.14. The monoisotopic (exact) mass is 256 g/mol. The predicted molar refractivity (Wildman–Crippen MR) is 88.4 cm³/mol. The van der Waals surface area contributed by atoms with Crippen molar-refractivity contribution < 1.29 is 0 Å². The van der Waals surface area contributed by atoms with Crippen molar-refractivity contribution in [3.63, 3.8) is 0 Å². The average Bonchev–Trinajstić information content (AvgIpc) is 2.46. The normalized spacial score (nSPS) is 11.5. The maximum atomic E-state index is 2.32. The van der Waals surface area contributed by atoms with Crippen molar-refractivity contribution in [1.29, 1.82) is 0 Å². The second-order valence-electron chi connectivity index (χ2n) is 5.61.